The van der Waals surface area contributed by atoms with Crippen molar-refractivity contribution < 1.29 is 6.22 Å². The van der Waals surface area contributed by atoms with E-state index in [0.29, 0.717) is 0 Å². The smallest absolute Gasteiger partial charge is 0.221 e. The number of carbonyl (C=O) groups excluding carboxylic acids is 1. The first-order valence-electron chi connectivity index (χ1n) is 8.16. The van der Waals surface area contributed by atoms with Gasteiger partial charge in [-0.15, -0.1) is 0 Å². The van der Waals surface area contributed by atoms with Gasteiger partial charge in [0.2, 0.25) is 5.91 Å². The first-order chi connectivity index (χ1) is 10.6. The van der Waals surface area contributed by atoms with Crippen LogP contribution in [0.15, 0.2) is 12.4 Å². The van der Waals surface area contributed by atoms with Crippen LogP contribution in [0, 0.1) is 6.92 Å². The minimum absolute atomic E-state index is 0. The molecule has 2 aromatic rings. The summed E-state index contributed by atoms with van der Waals surface area (Å²) in [4.78, 5) is 15.0. The second kappa shape index (κ2) is 14.0. The molecular weight excluding hydrogens is 276 g/mol. The average Bonchev–Trinajstić information content (AvgIpc) is 3.03. The van der Waals surface area contributed by atoms with Gasteiger partial charge >= 0.3 is 0 Å². The van der Waals surface area contributed by atoms with E-state index in [9.17, 15) is 4.79 Å². The van der Waals surface area contributed by atoms with E-state index in [4.69, 9.17) is 0 Å². The highest BCUT2D eigenvalue weighted by Crippen LogP contribution is 2.21. The number of aryl methyl sites for hydroxylation is 1. The molecule has 0 aliphatic carbocycles. The molecule has 0 radical (unpaired) electrons. The first kappa shape index (κ1) is 22.4. The SMILES string of the molecule is CC.CC.CC(=O)Nc1cnc2[nH]ncc2c1C.CCCC.[HH]. The largest absolute Gasteiger partial charge is 0.325 e. The minimum Gasteiger partial charge on any atom is -0.325 e. The lowest BCUT2D eigenvalue weighted by Gasteiger charge is -2.05. The Morgan fingerprint density at radius 1 is 1.18 bits per heavy atom. The topological polar surface area (TPSA) is 70.7 Å². The van der Waals surface area contributed by atoms with Gasteiger partial charge in [-0.25, -0.2) is 4.98 Å². The number of fused-ring (bicyclic) bond motifs is 1. The highest BCUT2D eigenvalue weighted by molar-refractivity contribution is 5.93. The number of rotatable bonds is 2. The molecule has 1 amide bonds. The van der Waals surface area contributed by atoms with Gasteiger partial charge < -0.3 is 5.32 Å². The highest BCUT2D eigenvalue weighted by atomic mass is 16.1. The molecule has 0 aromatic carbocycles. The molecule has 0 atom stereocenters. The Labute approximate surface area is 136 Å². The molecule has 128 valence electrons. The average molecular weight is 310 g/mol. The minimum atomic E-state index is -0.0993. The lowest BCUT2D eigenvalue weighted by Crippen LogP contribution is -2.07. The van der Waals surface area contributed by atoms with E-state index in [1.807, 2.05) is 34.6 Å². The Hall–Kier alpha value is -1.91. The summed E-state index contributed by atoms with van der Waals surface area (Å²) in [5, 5.41) is 10.3. The maximum atomic E-state index is 10.9. The van der Waals surface area contributed by atoms with Crippen LogP contribution in [0.3, 0.4) is 0 Å². The van der Waals surface area contributed by atoms with E-state index < -0.39 is 0 Å². The van der Waals surface area contributed by atoms with Crippen LogP contribution in [0.25, 0.3) is 11.0 Å². The summed E-state index contributed by atoms with van der Waals surface area (Å²) in [5.74, 6) is -0.0993. The Balaban J connectivity index is -0.000000384. The van der Waals surface area contributed by atoms with E-state index in [1.54, 1.807) is 12.4 Å². The third-order valence-corrected chi connectivity index (χ3v) is 2.56. The summed E-state index contributed by atoms with van der Waals surface area (Å²) in [6.45, 7) is 15.8. The van der Waals surface area contributed by atoms with Gasteiger partial charge in [0.1, 0.15) is 0 Å². The Bertz CT molecular complexity index is 524. The zero-order valence-corrected chi connectivity index (χ0v) is 15.4. The van der Waals surface area contributed by atoms with Crippen LogP contribution >= 0.6 is 0 Å². The quantitative estimate of drug-likeness (QED) is 0.787. The number of nitrogens with zero attached hydrogens (tertiary/aromatic N) is 2. The molecule has 5 heteroatoms. The van der Waals surface area contributed by atoms with Crippen molar-refractivity contribution in [3.05, 3.63) is 18.0 Å². The predicted octanol–water partition coefficient (Wildman–Crippen LogP) is 5.33. The normalized spacial score (nSPS) is 8.55. The van der Waals surface area contributed by atoms with Crippen molar-refractivity contribution in [1.82, 2.24) is 15.2 Å². The summed E-state index contributed by atoms with van der Waals surface area (Å²) >= 11 is 0. The molecule has 2 heterocycles. The van der Waals surface area contributed by atoms with Gasteiger partial charge in [0.15, 0.2) is 5.65 Å². The molecule has 2 rings (SSSR count). The second-order valence-corrected chi connectivity index (χ2v) is 4.11. The van der Waals surface area contributed by atoms with Crippen molar-refractivity contribution >= 4 is 22.6 Å². The number of aromatic amines is 1. The number of hydrogen-bond donors (Lipinski definition) is 2. The van der Waals surface area contributed by atoms with Crippen LogP contribution in [0.1, 0.15) is 68.3 Å². The van der Waals surface area contributed by atoms with Crippen LogP contribution in [0.5, 0.6) is 0 Å². The van der Waals surface area contributed by atoms with Crippen molar-refractivity contribution in [1.29, 1.82) is 0 Å². The van der Waals surface area contributed by atoms with E-state index in [1.165, 1.54) is 19.8 Å². The number of anilines is 1. The van der Waals surface area contributed by atoms with Gasteiger partial charge in [-0.1, -0.05) is 54.4 Å². The second-order valence-electron chi connectivity index (χ2n) is 4.11. The fraction of sp³-hybridized carbons (Fsp3) is 0.588. The number of pyridine rings is 1. The maximum absolute atomic E-state index is 10.9. The molecule has 5 nitrogen and oxygen atoms in total. The number of aromatic nitrogens is 3. The lowest BCUT2D eigenvalue weighted by atomic mass is 10.2. The Morgan fingerprint density at radius 3 is 2.18 bits per heavy atom. The molecule has 2 aromatic heterocycles. The van der Waals surface area contributed by atoms with Crippen molar-refractivity contribution in [2.24, 2.45) is 0 Å². The Kier molecular flexibility index (Phi) is 14.3. The summed E-state index contributed by atoms with van der Waals surface area (Å²) < 4.78 is 0. The van der Waals surface area contributed by atoms with Crippen LogP contribution in [0.2, 0.25) is 0 Å². The molecule has 2 N–H and O–H groups in total. The van der Waals surface area contributed by atoms with Gasteiger partial charge in [0, 0.05) is 13.7 Å². The molecule has 22 heavy (non-hydrogen) atoms. The van der Waals surface area contributed by atoms with Crippen molar-refractivity contribution in [2.75, 3.05) is 5.32 Å². The number of H-pyrrole nitrogens is 1. The molecule has 0 saturated carbocycles. The molecule has 0 spiro atoms. The van der Waals surface area contributed by atoms with Crippen LogP contribution in [-0.4, -0.2) is 21.1 Å². The molecule has 0 unspecified atom stereocenters. The highest BCUT2D eigenvalue weighted by Gasteiger charge is 2.06. The van der Waals surface area contributed by atoms with Gasteiger partial charge in [0.05, 0.1) is 18.1 Å². The fourth-order valence-corrected chi connectivity index (χ4v) is 1.34. The van der Waals surface area contributed by atoms with Crippen molar-refractivity contribution in [3.8, 4) is 0 Å². The van der Waals surface area contributed by atoms with Crippen molar-refractivity contribution in [3.63, 3.8) is 0 Å². The number of nitrogens with one attached hydrogen (secondary N) is 2. The van der Waals surface area contributed by atoms with Crippen molar-refractivity contribution in [2.45, 2.75) is 68.2 Å². The summed E-state index contributed by atoms with van der Waals surface area (Å²) in [7, 11) is 0. The van der Waals surface area contributed by atoms with Crippen LogP contribution < -0.4 is 5.32 Å². The number of carbonyl (C=O) groups is 1. The maximum Gasteiger partial charge on any atom is 0.221 e. The third-order valence-electron chi connectivity index (χ3n) is 2.56. The van der Waals surface area contributed by atoms with E-state index in [-0.39, 0.29) is 7.33 Å². The number of unbranched alkanes of at least 4 members (excludes halogenated alkanes) is 1. The zero-order chi connectivity index (χ0) is 17.5. The molecular formula is C17H34N4O. The fourth-order valence-electron chi connectivity index (χ4n) is 1.34. The van der Waals surface area contributed by atoms with Gasteiger partial charge in [-0.05, 0) is 12.5 Å². The number of amides is 1. The number of hydrogen-bond acceptors (Lipinski definition) is 3. The molecule has 0 saturated heterocycles. The standard InChI is InChI=1S/C9H10N4O.C4H10.2C2H6.H2/c1-5-7-3-11-13-9(7)10-4-8(5)12-6(2)14;1-3-4-2;2*1-2;/h3-4H,1-2H3,(H,12,14)(H,10,11,13);3-4H2,1-2H3;2*1-2H3;1H. The summed E-state index contributed by atoms with van der Waals surface area (Å²) in [5.41, 5.74) is 2.43. The molecule has 0 bridgehead atoms. The zero-order valence-electron chi connectivity index (χ0n) is 15.4. The predicted molar refractivity (Wildman–Crippen MR) is 98.3 cm³/mol. The van der Waals surface area contributed by atoms with E-state index in [0.717, 1.165) is 22.3 Å². The van der Waals surface area contributed by atoms with E-state index >= 15 is 0 Å². The van der Waals surface area contributed by atoms with Gasteiger partial charge in [-0.3, -0.25) is 9.89 Å². The lowest BCUT2D eigenvalue weighted by molar-refractivity contribution is -0.114. The Morgan fingerprint density at radius 2 is 1.73 bits per heavy atom. The molecule has 0 fully saturated rings. The van der Waals surface area contributed by atoms with Gasteiger partial charge in [-0.2, -0.15) is 5.10 Å². The third kappa shape index (κ3) is 7.76. The van der Waals surface area contributed by atoms with Crippen LogP contribution in [-0.2, 0) is 4.79 Å². The molecule has 0 aliphatic rings. The van der Waals surface area contributed by atoms with E-state index in [2.05, 4.69) is 34.3 Å². The first-order valence-corrected chi connectivity index (χ1v) is 8.16. The van der Waals surface area contributed by atoms with Crippen LogP contribution in [0.4, 0.5) is 5.69 Å². The molecule has 0 aliphatic heterocycles. The van der Waals surface area contributed by atoms with Gasteiger partial charge in [0.25, 0.3) is 0 Å². The monoisotopic (exact) mass is 310 g/mol. The summed E-state index contributed by atoms with van der Waals surface area (Å²) in [6, 6.07) is 0. The summed E-state index contributed by atoms with van der Waals surface area (Å²) in [6.07, 6.45) is 5.96.